The summed E-state index contributed by atoms with van der Waals surface area (Å²) < 4.78 is 0. The molecule has 0 aromatic carbocycles. The van der Waals surface area contributed by atoms with Crippen molar-refractivity contribution in [1.82, 2.24) is 0 Å². The first kappa shape index (κ1) is 8.55. The number of hydrogen-bond acceptors (Lipinski definition) is 1. The summed E-state index contributed by atoms with van der Waals surface area (Å²) in [4.78, 5) is 0. The molecule has 0 spiro atoms. The highest BCUT2D eigenvalue weighted by Crippen LogP contribution is 2.62. The Bertz CT molecular complexity index is 172. The summed E-state index contributed by atoms with van der Waals surface area (Å²) in [6.07, 6.45) is 6.39. The standard InChI is InChI=1S/C11H20O/c1-3-11(4-2)9-7-5-6-8(9)10(11)12/h8-10,12H,3-7H2,1-2H3. The zero-order valence-corrected chi connectivity index (χ0v) is 8.21. The lowest BCUT2D eigenvalue weighted by Crippen LogP contribution is -2.58. The van der Waals surface area contributed by atoms with Gasteiger partial charge in [-0.1, -0.05) is 20.3 Å². The molecular weight excluding hydrogens is 148 g/mol. The maximum Gasteiger partial charge on any atom is 0.0629 e. The van der Waals surface area contributed by atoms with Crippen molar-refractivity contribution >= 4 is 0 Å². The van der Waals surface area contributed by atoms with Gasteiger partial charge in [0.15, 0.2) is 0 Å². The molecule has 2 rings (SSSR count). The molecule has 2 saturated carbocycles. The van der Waals surface area contributed by atoms with Crippen LogP contribution in [-0.4, -0.2) is 11.2 Å². The summed E-state index contributed by atoms with van der Waals surface area (Å²) in [5, 5.41) is 10.0. The van der Waals surface area contributed by atoms with Crippen molar-refractivity contribution in [2.45, 2.75) is 52.1 Å². The molecule has 1 nitrogen and oxygen atoms in total. The molecule has 0 amide bonds. The minimum absolute atomic E-state index is 0.0278. The smallest absolute Gasteiger partial charge is 0.0629 e. The van der Waals surface area contributed by atoms with Crippen LogP contribution in [0.3, 0.4) is 0 Å². The van der Waals surface area contributed by atoms with Gasteiger partial charge in [0.2, 0.25) is 0 Å². The lowest BCUT2D eigenvalue weighted by atomic mass is 9.50. The number of fused-ring (bicyclic) bond motifs is 1. The van der Waals surface area contributed by atoms with Crippen molar-refractivity contribution in [1.29, 1.82) is 0 Å². The maximum absolute atomic E-state index is 10.0. The van der Waals surface area contributed by atoms with Crippen LogP contribution in [0.25, 0.3) is 0 Å². The summed E-state index contributed by atoms with van der Waals surface area (Å²) in [5.74, 6) is 1.53. The van der Waals surface area contributed by atoms with E-state index in [1.54, 1.807) is 0 Å². The van der Waals surface area contributed by atoms with Gasteiger partial charge in [-0.25, -0.2) is 0 Å². The maximum atomic E-state index is 10.0. The van der Waals surface area contributed by atoms with Crippen LogP contribution in [-0.2, 0) is 0 Å². The molecule has 0 radical (unpaired) electrons. The number of hydrogen-bond donors (Lipinski definition) is 1. The van der Waals surface area contributed by atoms with Gasteiger partial charge in [0, 0.05) is 0 Å². The molecule has 1 heteroatoms. The van der Waals surface area contributed by atoms with Crippen LogP contribution in [0, 0.1) is 17.3 Å². The molecule has 0 aliphatic heterocycles. The molecule has 3 unspecified atom stereocenters. The Balaban J connectivity index is 2.16. The van der Waals surface area contributed by atoms with Crippen LogP contribution in [0.1, 0.15) is 46.0 Å². The van der Waals surface area contributed by atoms with Crippen LogP contribution >= 0.6 is 0 Å². The number of rotatable bonds is 2. The molecule has 1 N–H and O–H groups in total. The molecule has 0 saturated heterocycles. The van der Waals surface area contributed by atoms with Crippen LogP contribution in [0.15, 0.2) is 0 Å². The second-order valence-corrected chi connectivity index (χ2v) is 4.59. The van der Waals surface area contributed by atoms with E-state index >= 15 is 0 Å². The Kier molecular flexibility index (Phi) is 1.95. The van der Waals surface area contributed by atoms with Gasteiger partial charge in [-0.3, -0.25) is 0 Å². The summed E-state index contributed by atoms with van der Waals surface area (Å²) in [6.45, 7) is 4.47. The van der Waals surface area contributed by atoms with Crippen molar-refractivity contribution in [3.8, 4) is 0 Å². The van der Waals surface area contributed by atoms with E-state index in [0.29, 0.717) is 11.3 Å². The molecule has 70 valence electrons. The fourth-order valence-corrected chi connectivity index (χ4v) is 3.80. The third kappa shape index (κ3) is 0.783. The van der Waals surface area contributed by atoms with E-state index in [9.17, 15) is 5.11 Å². The van der Waals surface area contributed by atoms with Crippen LogP contribution in [0.2, 0.25) is 0 Å². The van der Waals surface area contributed by atoms with E-state index in [0.717, 1.165) is 5.92 Å². The molecule has 2 aliphatic rings. The minimum atomic E-state index is 0.0278. The van der Waals surface area contributed by atoms with E-state index in [1.807, 2.05) is 0 Å². The van der Waals surface area contributed by atoms with Crippen molar-refractivity contribution < 1.29 is 5.11 Å². The molecule has 3 atom stereocenters. The van der Waals surface area contributed by atoms with Gasteiger partial charge in [-0.15, -0.1) is 0 Å². The Morgan fingerprint density at radius 2 is 1.92 bits per heavy atom. The van der Waals surface area contributed by atoms with E-state index in [2.05, 4.69) is 13.8 Å². The summed E-state index contributed by atoms with van der Waals surface area (Å²) in [6, 6.07) is 0. The fourth-order valence-electron chi connectivity index (χ4n) is 3.80. The van der Waals surface area contributed by atoms with Gasteiger partial charge in [0.25, 0.3) is 0 Å². The van der Waals surface area contributed by atoms with Crippen molar-refractivity contribution in [3.05, 3.63) is 0 Å². The molecule has 0 heterocycles. The predicted octanol–water partition coefficient (Wildman–Crippen LogP) is 2.58. The lowest BCUT2D eigenvalue weighted by Gasteiger charge is -2.57. The van der Waals surface area contributed by atoms with E-state index < -0.39 is 0 Å². The van der Waals surface area contributed by atoms with Gasteiger partial charge in [0.05, 0.1) is 6.10 Å². The normalized spacial score (nSPS) is 43.8. The average Bonchev–Trinajstić information content (AvgIpc) is 2.52. The first-order valence-electron chi connectivity index (χ1n) is 5.44. The topological polar surface area (TPSA) is 20.2 Å². The number of aliphatic hydroxyl groups is 1. The van der Waals surface area contributed by atoms with E-state index in [1.165, 1.54) is 32.1 Å². The predicted molar refractivity (Wildman–Crippen MR) is 49.9 cm³/mol. The van der Waals surface area contributed by atoms with Crippen molar-refractivity contribution in [2.75, 3.05) is 0 Å². The van der Waals surface area contributed by atoms with Gasteiger partial charge in [-0.2, -0.15) is 0 Å². The monoisotopic (exact) mass is 168 g/mol. The average molecular weight is 168 g/mol. The largest absolute Gasteiger partial charge is 0.392 e. The van der Waals surface area contributed by atoms with Gasteiger partial charge < -0.3 is 5.11 Å². The van der Waals surface area contributed by atoms with Crippen LogP contribution in [0.4, 0.5) is 0 Å². The summed E-state index contributed by atoms with van der Waals surface area (Å²) in [5.41, 5.74) is 0.321. The highest BCUT2D eigenvalue weighted by atomic mass is 16.3. The first-order chi connectivity index (χ1) is 5.76. The third-order valence-corrected chi connectivity index (χ3v) is 4.62. The SMILES string of the molecule is CCC1(CC)C(O)C2CCCC21. The highest BCUT2D eigenvalue weighted by Gasteiger charge is 2.60. The number of aliphatic hydroxyl groups excluding tert-OH is 1. The Labute approximate surface area is 75.2 Å². The lowest BCUT2D eigenvalue weighted by molar-refractivity contribution is -0.170. The molecular formula is C11H20O. The first-order valence-corrected chi connectivity index (χ1v) is 5.44. The van der Waals surface area contributed by atoms with Gasteiger partial charge >= 0.3 is 0 Å². The van der Waals surface area contributed by atoms with Crippen molar-refractivity contribution in [3.63, 3.8) is 0 Å². The summed E-state index contributed by atoms with van der Waals surface area (Å²) in [7, 11) is 0. The van der Waals surface area contributed by atoms with Crippen LogP contribution < -0.4 is 0 Å². The van der Waals surface area contributed by atoms with Crippen LogP contribution in [0.5, 0.6) is 0 Å². The molecule has 12 heavy (non-hydrogen) atoms. The molecule has 0 bridgehead atoms. The third-order valence-electron chi connectivity index (χ3n) is 4.62. The Morgan fingerprint density at radius 3 is 2.50 bits per heavy atom. The second-order valence-electron chi connectivity index (χ2n) is 4.59. The molecule has 2 aliphatic carbocycles. The summed E-state index contributed by atoms with van der Waals surface area (Å²) >= 11 is 0. The molecule has 0 aromatic heterocycles. The Hall–Kier alpha value is -0.0400. The Morgan fingerprint density at radius 1 is 1.25 bits per heavy atom. The molecule has 2 fully saturated rings. The fraction of sp³-hybridized carbons (Fsp3) is 1.00. The van der Waals surface area contributed by atoms with Gasteiger partial charge in [-0.05, 0) is 42.9 Å². The van der Waals surface area contributed by atoms with E-state index in [-0.39, 0.29) is 6.10 Å². The quantitative estimate of drug-likeness (QED) is 0.672. The minimum Gasteiger partial charge on any atom is -0.392 e. The second kappa shape index (κ2) is 2.73. The molecule has 0 aromatic rings. The zero-order valence-electron chi connectivity index (χ0n) is 8.21. The van der Waals surface area contributed by atoms with E-state index in [4.69, 9.17) is 0 Å². The zero-order chi connectivity index (χ0) is 8.77. The highest BCUT2D eigenvalue weighted by molar-refractivity contribution is 5.09. The van der Waals surface area contributed by atoms with Crippen molar-refractivity contribution in [2.24, 2.45) is 17.3 Å². The van der Waals surface area contributed by atoms with Gasteiger partial charge in [0.1, 0.15) is 0 Å².